The molecule has 0 fully saturated rings. The first-order valence-corrected chi connectivity index (χ1v) is 12.4. The minimum atomic E-state index is -3.97. The van der Waals surface area contributed by atoms with Gasteiger partial charge in [0.15, 0.2) is 0 Å². The van der Waals surface area contributed by atoms with E-state index in [1.807, 2.05) is 35.1 Å². The highest BCUT2D eigenvalue weighted by molar-refractivity contribution is 7.90. The van der Waals surface area contributed by atoms with Crippen LogP contribution in [0.2, 0.25) is 0 Å². The molecule has 0 saturated carbocycles. The lowest BCUT2D eigenvalue weighted by atomic mass is 10.2. The summed E-state index contributed by atoms with van der Waals surface area (Å²) in [5.74, 6) is -1.14. The molecule has 34 heavy (non-hydrogen) atoms. The summed E-state index contributed by atoms with van der Waals surface area (Å²) in [6, 6.07) is 14.9. The van der Waals surface area contributed by atoms with E-state index in [0.29, 0.717) is 32.9 Å². The molecule has 0 radical (unpaired) electrons. The lowest BCUT2D eigenvalue weighted by Crippen LogP contribution is -2.28. The summed E-state index contributed by atoms with van der Waals surface area (Å²) in [4.78, 5) is 42.1. The fourth-order valence-corrected chi connectivity index (χ4v) is 5.45. The molecule has 0 saturated heterocycles. The van der Waals surface area contributed by atoms with Crippen molar-refractivity contribution >= 4 is 49.1 Å². The van der Waals surface area contributed by atoms with Gasteiger partial charge >= 0.3 is 0 Å². The Balaban J connectivity index is 1.58. The van der Waals surface area contributed by atoms with Gasteiger partial charge in [0.1, 0.15) is 4.83 Å². The highest BCUT2D eigenvalue weighted by Gasteiger charge is 2.20. The average Bonchev–Trinajstić information content (AvgIpc) is 3.13. The number of hydrogen-bond donors (Lipinski definition) is 2. The van der Waals surface area contributed by atoms with Gasteiger partial charge < -0.3 is 5.32 Å². The number of nitrogens with one attached hydrogen (secondary N) is 2. The number of aromatic nitrogens is 2. The number of nitrogens with zero attached hydrogens (tertiary/aromatic N) is 2. The van der Waals surface area contributed by atoms with Crippen LogP contribution in [0.3, 0.4) is 0 Å². The third-order valence-corrected chi connectivity index (χ3v) is 7.67. The van der Waals surface area contributed by atoms with Crippen LogP contribution in [0.25, 0.3) is 10.2 Å². The van der Waals surface area contributed by atoms with E-state index in [4.69, 9.17) is 0 Å². The van der Waals surface area contributed by atoms with E-state index in [2.05, 4.69) is 10.3 Å². The molecule has 2 N–H and O–H groups in total. The molecule has 9 nitrogen and oxygen atoms in total. The molecule has 174 valence electrons. The van der Waals surface area contributed by atoms with Crippen molar-refractivity contribution in [1.82, 2.24) is 14.3 Å². The second-order valence-corrected chi connectivity index (χ2v) is 10.2. The standard InChI is InChI=1S/C23H20N4O5S2/c1-14-19-22(24-13-27(23(19)30)12-16-6-4-3-5-7-16)33-20(14)21(29)25-17-8-10-18(11-9-17)34(31,32)26-15(2)28/h3-11,13H,12H2,1-2H3,(H,25,29)(H,26,28). The van der Waals surface area contributed by atoms with Gasteiger partial charge in [-0.1, -0.05) is 30.3 Å². The molecule has 0 aliphatic heterocycles. The van der Waals surface area contributed by atoms with Crippen molar-refractivity contribution in [1.29, 1.82) is 0 Å². The Morgan fingerprint density at radius 1 is 1.06 bits per heavy atom. The van der Waals surface area contributed by atoms with Crippen LogP contribution in [0.15, 0.2) is 70.6 Å². The predicted molar refractivity (Wildman–Crippen MR) is 130 cm³/mol. The summed E-state index contributed by atoms with van der Waals surface area (Å²) in [5, 5.41) is 3.10. The number of sulfonamides is 1. The van der Waals surface area contributed by atoms with E-state index in [-0.39, 0.29) is 10.5 Å². The number of carbonyl (C=O) groups excluding carboxylic acids is 2. The van der Waals surface area contributed by atoms with Crippen molar-refractivity contribution in [2.75, 3.05) is 5.32 Å². The Hall–Kier alpha value is -3.83. The molecule has 2 amide bonds. The van der Waals surface area contributed by atoms with Crippen molar-refractivity contribution in [3.63, 3.8) is 0 Å². The SMILES string of the molecule is CC(=O)NS(=O)(=O)c1ccc(NC(=O)c2sc3ncn(Cc4ccccc4)c(=O)c3c2C)cc1. The van der Waals surface area contributed by atoms with E-state index in [9.17, 15) is 22.8 Å². The summed E-state index contributed by atoms with van der Waals surface area (Å²) in [6.45, 7) is 3.17. The summed E-state index contributed by atoms with van der Waals surface area (Å²) in [6.07, 6.45) is 1.48. The first kappa shape index (κ1) is 23.3. The maximum absolute atomic E-state index is 13.1. The molecule has 0 unspecified atom stereocenters. The summed E-state index contributed by atoms with van der Waals surface area (Å²) >= 11 is 1.11. The zero-order valence-corrected chi connectivity index (χ0v) is 19.9. The minimum absolute atomic E-state index is 0.109. The maximum atomic E-state index is 13.1. The van der Waals surface area contributed by atoms with Gasteiger partial charge in [0, 0.05) is 12.6 Å². The van der Waals surface area contributed by atoms with E-state index < -0.39 is 21.8 Å². The van der Waals surface area contributed by atoms with E-state index in [1.165, 1.54) is 35.2 Å². The van der Waals surface area contributed by atoms with Gasteiger partial charge in [-0.2, -0.15) is 0 Å². The number of carbonyl (C=O) groups is 2. The molecule has 2 aromatic carbocycles. The Morgan fingerprint density at radius 3 is 2.38 bits per heavy atom. The van der Waals surface area contributed by atoms with Gasteiger partial charge in [-0.3, -0.25) is 19.0 Å². The zero-order valence-electron chi connectivity index (χ0n) is 18.2. The molecule has 0 atom stereocenters. The largest absolute Gasteiger partial charge is 0.321 e. The Morgan fingerprint density at radius 2 is 1.74 bits per heavy atom. The molecule has 4 aromatic rings. The van der Waals surface area contributed by atoms with Crippen LogP contribution in [0.4, 0.5) is 5.69 Å². The van der Waals surface area contributed by atoms with Crippen LogP contribution >= 0.6 is 11.3 Å². The highest BCUT2D eigenvalue weighted by atomic mass is 32.2. The Labute approximate surface area is 199 Å². The minimum Gasteiger partial charge on any atom is -0.321 e. The predicted octanol–water partition coefficient (Wildman–Crippen LogP) is 2.89. The number of aryl methyl sites for hydroxylation is 1. The van der Waals surface area contributed by atoms with Crippen LogP contribution < -0.4 is 15.6 Å². The quantitative estimate of drug-likeness (QED) is 0.423. The maximum Gasteiger partial charge on any atom is 0.266 e. The van der Waals surface area contributed by atoms with Crippen molar-refractivity contribution in [3.8, 4) is 0 Å². The highest BCUT2D eigenvalue weighted by Crippen LogP contribution is 2.28. The monoisotopic (exact) mass is 496 g/mol. The van der Waals surface area contributed by atoms with Gasteiger partial charge in [-0.15, -0.1) is 11.3 Å². The molecule has 0 bridgehead atoms. The molecule has 2 heterocycles. The van der Waals surface area contributed by atoms with Gasteiger partial charge in [0.05, 0.1) is 28.0 Å². The van der Waals surface area contributed by atoms with Crippen LogP contribution in [0.5, 0.6) is 0 Å². The molecule has 2 aromatic heterocycles. The van der Waals surface area contributed by atoms with Crippen LogP contribution in [-0.4, -0.2) is 29.8 Å². The Bertz CT molecular complexity index is 1560. The van der Waals surface area contributed by atoms with E-state index >= 15 is 0 Å². The number of thiophene rings is 1. The van der Waals surface area contributed by atoms with Crippen LogP contribution in [0, 0.1) is 6.92 Å². The van der Waals surface area contributed by atoms with Gasteiger partial charge in [-0.05, 0) is 42.3 Å². The smallest absolute Gasteiger partial charge is 0.266 e. The summed E-state index contributed by atoms with van der Waals surface area (Å²) < 4.78 is 27.5. The molecule has 0 aliphatic carbocycles. The topological polar surface area (TPSA) is 127 Å². The number of benzene rings is 2. The van der Waals surface area contributed by atoms with Crippen molar-refractivity contribution in [3.05, 3.63) is 87.3 Å². The van der Waals surface area contributed by atoms with Crippen molar-refractivity contribution in [2.45, 2.75) is 25.3 Å². The third kappa shape index (κ3) is 4.75. The van der Waals surface area contributed by atoms with Gasteiger partial charge in [-0.25, -0.2) is 18.1 Å². The zero-order chi connectivity index (χ0) is 24.5. The van der Waals surface area contributed by atoms with Crippen molar-refractivity contribution < 1.29 is 18.0 Å². The van der Waals surface area contributed by atoms with E-state index in [0.717, 1.165) is 23.8 Å². The normalized spacial score (nSPS) is 11.4. The van der Waals surface area contributed by atoms with Gasteiger partial charge in [0.2, 0.25) is 5.91 Å². The number of amides is 2. The first-order valence-electron chi connectivity index (χ1n) is 10.1. The number of anilines is 1. The van der Waals surface area contributed by atoms with E-state index in [1.54, 1.807) is 6.92 Å². The lowest BCUT2D eigenvalue weighted by Gasteiger charge is -2.07. The molecule has 11 heteroatoms. The molecular formula is C23H20N4O5S2. The second-order valence-electron chi connectivity index (χ2n) is 7.54. The lowest BCUT2D eigenvalue weighted by molar-refractivity contribution is -0.117. The van der Waals surface area contributed by atoms with Gasteiger partial charge in [0.25, 0.3) is 21.5 Å². The molecule has 0 spiro atoms. The molecule has 0 aliphatic rings. The summed E-state index contributed by atoms with van der Waals surface area (Å²) in [5.41, 5.74) is 1.62. The number of rotatable bonds is 6. The summed E-state index contributed by atoms with van der Waals surface area (Å²) in [7, 11) is -3.97. The fraction of sp³-hybridized carbons (Fsp3) is 0.130. The van der Waals surface area contributed by atoms with Crippen LogP contribution in [0.1, 0.15) is 27.7 Å². The fourth-order valence-electron chi connectivity index (χ4n) is 3.42. The first-order chi connectivity index (χ1) is 16.2. The molecule has 4 rings (SSSR count). The third-order valence-electron chi connectivity index (χ3n) is 5.02. The molecular weight excluding hydrogens is 476 g/mol. The van der Waals surface area contributed by atoms with Crippen molar-refractivity contribution in [2.24, 2.45) is 0 Å². The van der Waals surface area contributed by atoms with Crippen LogP contribution in [-0.2, 0) is 21.4 Å². The Kier molecular flexibility index (Phi) is 6.31. The number of fused-ring (bicyclic) bond motifs is 1. The number of hydrogen-bond acceptors (Lipinski definition) is 7. The average molecular weight is 497 g/mol. The second kappa shape index (κ2) is 9.20.